The van der Waals surface area contributed by atoms with Gasteiger partial charge in [0.25, 0.3) is 0 Å². The van der Waals surface area contributed by atoms with Crippen LogP contribution in [-0.2, 0) is 13.1 Å². The molecule has 118 valence electrons. The number of Topliss-reactive ketones (excluding diaryl/α,β-unsaturated/α-hetero) is 1. The predicted molar refractivity (Wildman–Crippen MR) is 93.1 cm³/mol. The van der Waals surface area contributed by atoms with Gasteiger partial charge in [-0.2, -0.15) is 5.10 Å². The maximum atomic E-state index is 11.4. The minimum Gasteiger partial charge on any atom is -0.298 e. The summed E-state index contributed by atoms with van der Waals surface area (Å²) in [6, 6.07) is 12.2. The number of hydrogen-bond donors (Lipinski definition) is 0. The number of aromatic nitrogens is 2. The summed E-state index contributed by atoms with van der Waals surface area (Å²) in [6.07, 6.45) is 3.74. The van der Waals surface area contributed by atoms with E-state index >= 15 is 0 Å². The van der Waals surface area contributed by atoms with Crippen molar-refractivity contribution in [2.75, 3.05) is 7.05 Å². The van der Waals surface area contributed by atoms with E-state index in [4.69, 9.17) is 0 Å². The van der Waals surface area contributed by atoms with E-state index in [2.05, 4.69) is 40.6 Å². The number of para-hydroxylation sites is 1. The smallest absolute Gasteiger partial charge is 0.169 e. The summed E-state index contributed by atoms with van der Waals surface area (Å²) in [5.41, 5.74) is 3.50. The zero-order valence-electron chi connectivity index (χ0n) is 13.3. The third-order valence-electron chi connectivity index (χ3n) is 3.64. The molecule has 23 heavy (non-hydrogen) atoms. The number of thiophene rings is 1. The van der Waals surface area contributed by atoms with Crippen LogP contribution in [0.5, 0.6) is 0 Å². The Morgan fingerprint density at radius 2 is 2.09 bits per heavy atom. The molecule has 1 aromatic carbocycles. The summed E-state index contributed by atoms with van der Waals surface area (Å²) in [5, 5.41) is 6.39. The lowest BCUT2D eigenvalue weighted by molar-refractivity contribution is 0.102. The SMILES string of the molecule is CC(=O)c1cc(CN(C)Cc2ccccc2-n2cccn2)cs1. The molecule has 0 N–H and O–H groups in total. The largest absolute Gasteiger partial charge is 0.298 e. The normalized spacial score (nSPS) is 11.1. The first kappa shape index (κ1) is 15.6. The number of carbonyl (C=O) groups is 1. The number of benzene rings is 1. The summed E-state index contributed by atoms with van der Waals surface area (Å²) >= 11 is 1.52. The van der Waals surface area contributed by atoms with Gasteiger partial charge in [-0.25, -0.2) is 4.68 Å². The van der Waals surface area contributed by atoms with Crippen LogP contribution in [0.3, 0.4) is 0 Å². The van der Waals surface area contributed by atoms with E-state index in [1.54, 1.807) is 13.1 Å². The van der Waals surface area contributed by atoms with E-state index in [0.29, 0.717) is 0 Å². The first-order chi connectivity index (χ1) is 11.1. The average molecular weight is 325 g/mol. The zero-order valence-corrected chi connectivity index (χ0v) is 14.1. The molecule has 0 fully saturated rings. The van der Waals surface area contributed by atoms with Crippen molar-refractivity contribution in [2.24, 2.45) is 0 Å². The fourth-order valence-corrected chi connectivity index (χ4v) is 3.39. The van der Waals surface area contributed by atoms with Gasteiger partial charge in [-0.15, -0.1) is 11.3 Å². The van der Waals surface area contributed by atoms with Crippen LogP contribution in [-0.4, -0.2) is 27.5 Å². The summed E-state index contributed by atoms with van der Waals surface area (Å²) < 4.78 is 1.89. The Hall–Kier alpha value is -2.24. The first-order valence-corrected chi connectivity index (χ1v) is 8.36. The van der Waals surface area contributed by atoms with E-state index < -0.39 is 0 Å². The highest BCUT2D eigenvalue weighted by molar-refractivity contribution is 7.12. The topological polar surface area (TPSA) is 38.1 Å². The van der Waals surface area contributed by atoms with Crippen molar-refractivity contribution < 1.29 is 4.79 Å². The van der Waals surface area contributed by atoms with Crippen LogP contribution in [0.25, 0.3) is 5.69 Å². The highest BCUT2D eigenvalue weighted by Gasteiger charge is 2.10. The van der Waals surface area contributed by atoms with Crippen molar-refractivity contribution in [3.63, 3.8) is 0 Å². The molecule has 0 aliphatic carbocycles. The molecule has 0 radical (unpaired) electrons. The molecule has 0 aliphatic heterocycles. The molecule has 0 unspecified atom stereocenters. The maximum Gasteiger partial charge on any atom is 0.169 e. The fourth-order valence-electron chi connectivity index (χ4n) is 2.58. The van der Waals surface area contributed by atoms with Crippen LogP contribution in [0.2, 0.25) is 0 Å². The van der Waals surface area contributed by atoms with Gasteiger partial charge in [-0.05, 0) is 48.7 Å². The van der Waals surface area contributed by atoms with Crippen LogP contribution in [0.15, 0.2) is 54.2 Å². The summed E-state index contributed by atoms with van der Waals surface area (Å²) in [5.74, 6) is 0.132. The molecule has 3 aromatic rings. The number of rotatable bonds is 6. The minimum absolute atomic E-state index is 0.132. The van der Waals surface area contributed by atoms with Gasteiger partial charge in [-0.1, -0.05) is 18.2 Å². The second-order valence-corrected chi connectivity index (χ2v) is 6.54. The van der Waals surface area contributed by atoms with E-state index in [1.165, 1.54) is 22.5 Å². The Morgan fingerprint density at radius 3 is 2.78 bits per heavy atom. The molecule has 5 heteroatoms. The van der Waals surface area contributed by atoms with Crippen LogP contribution in [0.1, 0.15) is 27.7 Å². The molecule has 3 rings (SSSR count). The number of carbonyl (C=O) groups excluding carboxylic acids is 1. The van der Waals surface area contributed by atoms with Gasteiger partial charge in [0.05, 0.1) is 10.6 Å². The van der Waals surface area contributed by atoms with Crippen molar-refractivity contribution in [1.82, 2.24) is 14.7 Å². The van der Waals surface area contributed by atoms with Crippen LogP contribution >= 0.6 is 11.3 Å². The second-order valence-electron chi connectivity index (χ2n) is 5.63. The zero-order chi connectivity index (χ0) is 16.2. The molecule has 2 aromatic heterocycles. The molecule has 0 amide bonds. The standard InChI is InChI=1S/C18H19N3OS/c1-14(22)18-10-15(13-23-18)11-20(2)12-16-6-3-4-7-17(16)21-9-5-8-19-21/h3-10,13H,11-12H2,1-2H3. The highest BCUT2D eigenvalue weighted by atomic mass is 32.1. The molecule has 0 bridgehead atoms. The van der Waals surface area contributed by atoms with E-state index in [9.17, 15) is 4.79 Å². The van der Waals surface area contributed by atoms with Gasteiger partial charge < -0.3 is 0 Å². The Labute approximate surface area is 140 Å². The second kappa shape index (κ2) is 6.89. The molecule has 2 heterocycles. The third kappa shape index (κ3) is 3.75. The van der Waals surface area contributed by atoms with E-state index in [-0.39, 0.29) is 5.78 Å². The number of ketones is 1. The van der Waals surface area contributed by atoms with Gasteiger partial charge in [0.1, 0.15) is 0 Å². The molecular formula is C18H19N3OS. The van der Waals surface area contributed by atoms with Crippen LogP contribution < -0.4 is 0 Å². The predicted octanol–water partition coefficient (Wildman–Crippen LogP) is 3.77. The Morgan fingerprint density at radius 1 is 1.26 bits per heavy atom. The highest BCUT2D eigenvalue weighted by Crippen LogP contribution is 2.19. The number of nitrogens with zero attached hydrogens (tertiary/aromatic N) is 3. The fraction of sp³-hybridized carbons (Fsp3) is 0.222. The summed E-state index contributed by atoms with van der Waals surface area (Å²) in [4.78, 5) is 14.5. The lowest BCUT2D eigenvalue weighted by atomic mass is 10.1. The quantitative estimate of drug-likeness (QED) is 0.648. The molecule has 0 spiro atoms. The van der Waals surface area contributed by atoms with Crippen molar-refractivity contribution >= 4 is 17.1 Å². The third-order valence-corrected chi connectivity index (χ3v) is 4.72. The molecule has 0 saturated heterocycles. The monoisotopic (exact) mass is 325 g/mol. The van der Waals surface area contributed by atoms with Gasteiger partial charge in [0.15, 0.2) is 5.78 Å². The van der Waals surface area contributed by atoms with Gasteiger partial charge in [0, 0.05) is 25.5 Å². The number of hydrogen-bond acceptors (Lipinski definition) is 4. The van der Waals surface area contributed by atoms with Crippen molar-refractivity contribution in [3.8, 4) is 5.69 Å². The lowest BCUT2D eigenvalue weighted by Crippen LogP contribution is -2.18. The van der Waals surface area contributed by atoms with Gasteiger partial charge >= 0.3 is 0 Å². The first-order valence-electron chi connectivity index (χ1n) is 7.48. The molecule has 4 nitrogen and oxygen atoms in total. The van der Waals surface area contributed by atoms with Crippen LogP contribution in [0, 0.1) is 0 Å². The molecular weight excluding hydrogens is 306 g/mol. The van der Waals surface area contributed by atoms with E-state index in [0.717, 1.165) is 23.7 Å². The Balaban J connectivity index is 1.73. The van der Waals surface area contributed by atoms with Crippen molar-refractivity contribution in [3.05, 3.63) is 70.2 Å². The summed E-state index contributed by atoms with van der Waals surface area (Å²) in [7, 11) is 2.09. The Kier molecular flexibility index (Phi) is 4.69. The maximum absolute atomic E-state index is 11.4. The molecule has 0 atom stereocenters. The average Bonchev–Trinajstić information content (AvgIpc) is 3.19. The van der Waals surface area contributed by atoms with Gasteiger partial charge in [-0.3, -0.25) is 9.69 Å². The van der Waals surface area contributed by atoms with E-state index in [1.807, 2.05) is 29.1 Å². The molecule has 0 aliphatic rings. The van der Waals surface area contributed by atoms with Gasteiger partial charge in [0.2, 0.25) is 0 Å². The Bertz CT molecular complexity index is 792. The lowest BCUT2D eigenvalue weighted by Gasteiger charge is -2.18. The summed E-state index contributed by atoms with van der Waals surface area (Å²) in [6.45, 7) is 3.25. The molecule has 0 saturated carbocycles. The minimum atomic E-state index is 0.132. The van der Waals surface area contributed by atoms with Crippen molar-refractivity contribution in [1.29, 1.82) is 0 Å². The van der Waals surface area contributed by atoms with Crippen LogP contribution in [0.4, 0.5) is 0 Å². The van der Waals surface area contributed by atoms with Crippen molar-refractivity contribution in [2.45, 2.75) is 20.0 Å².